The quantitative estimate of drug-likeness (QED) is 0.227. The lowest BCUT2D eigenvalue weighted by molar-refractivity contribution is -0.143. The highest BCUT2D eigenvalue weighted by molar-refractivity contribution is 5.95. The van der Waals surface area contributed by atoms with E-state index in [-0.39, 0.29) is 5.92 Å². The Morgan fingerprint density at radius 2 is 1.36 bits per heavy atom. The maximum Gasteiger partial charge on any atom is 0.326 e. The Kier molecular flexibility index (Phi) is 9.13. The molecule has 0 aromatic rings. The third kappa shape index (κ3) is 8.11. The van der Waals surface area contributed by atoms with Crippen LogP contribution in [-0.4, -0.2) is 52.8 Å². The molecule has 0 radical (unpaired) electrons. The van der Waals surface area contributed by atoms with Crippen molar-refractivity contribution in [3.63, 3.8) is 0 Å². The number of hydrogen-bond acceptors (Lipinski definition) is 6. The smallest absolute Gasteiger partial charge is 0.326 e. The van der Waals surface area contributed by atoms with E-state index in [1.54, 1.807) is 6.92 Å². The summed E-state index contributed by atoms with van der Waals surface area (Å²) in [4.78, 5) is 57.3. The van der Waals surface area contributed by atoms with E-state index in [0.717, 1.165) is 0 Å². The number of nitrogens with two attached hydrogens (primary N) is 3. The Balaban J connectivity index is 5.14. The van der Waals surface area contributed by atoms with Crippen LogP contribution in [0.2, 0.25) is 0 Å². The molecular weight excluding hydrogens is 334 g/mol. The average molecular weight is 359 g/mol. The summed E-state index contributed by atoms with van der Waals surface area (Å²) in [6.45, 7) is 3.56. The van der Waals surface area contributed by atoms with E-state index in [2.05, 4.69) is 5.32 Å². The summed E-state index contributed by atoms with van der Waals surface area (Å²) in [5.41, 5.74) is 15.7. The number of carbonyl (C=O) groups is 5. The van der Waals surface area contributed by atoms with Gasteiger partial charge in [0.15, 0.2) is 0 Å². The lowest BCUT2D eigenvalue weighted by Crippen LogP contribution is -2.56. The predicted molar refractivity (Wildman–Crippen MR) is 86.6 cm³/mol. The zero-order chi connectivity index (χ0) is 19.7. The topological polar surface area (TPSA) is 208 Å². The number of rotatable bonds is 11. The number of amides is 4. The summed E-state index contributed by atoms with van der Waals surface area (Å²) >= 11 is 0. The molecule has 11 nitrogen and oxygen atoms in total. The van der Waals surface area contributed by atoms with Gasteiger partial charge in [0.25, 0.3) is 0 Å². The number of primary amides is 2. The summed E-state index contributed by atoms with van der Waals surface area (Å²) in [6, 6.07) is -3.94. The summed E-state index contributed by atoms with van der Waals surface area (Å²) in [5.74, 6) is -5.18. The molecule has 142 valence electrons. The van der Waals surface area contributed by atoms with E-state index in [0.29, 0.717) is 6.42 Å². The second kappa shape index (κ2) is 10.2. The number of carbonyl (C=O) groups excluding carboxylic acids is 4. The lowest BCUT2D eigenvalue weighted by atomic mass is 9.99. The summed E-state index contributed by atoms with van der Waals surface area (Å²) in [7, 11) is 0. The molecule has 0 saturated carbocycles. The Hall–Kier alpha value is -2.69. The van der Waals surface area contributed by atoms with E-state index in [4.69, 9.17) is 22.3 Å². The molecule has 0 fully saturated rings. The van der Waals surface area contributed by atoms with Crippen molar-refractivity contribution >= 4 is 29.6 Å². The zero-order valence-corrected chi connectivity index (χ0v) is 14.2. The zero-order valence-electron chi connectivity index (χ0n) is 14.2. The van der Waals surface area contributed by atoms with E-state index in [9.17, 15) is 24.0 Å². The summed E-state index contributed by atoms with van der Waals surface area (Å²) in [6.07, 6.45) is -0.598. The average Bonchev–Trinajstić information content (AvgIpc) is 2.50. The molecule has 0 bridgehead atoms. The van der Waals surface area contributed by atoms with Gasteiger partial charge in [0.1, 0.15) is 12.1 Å². The van der Waals surface area contributed by atoms with Gasteiger partial charge in [0.2, 0.25) is 23.6 Å². The molecular formula is C14H25N5O6. The van der Waals surface area contributed by atoms with E-state index in [1.807, 2.05) is 12.2 Å². The van der Waals surface area contributed by atoms with Crippen LogP contribution < -0.4 is 27.8 Å². The van der Waals surface area contributed by atoms with Gasteiger partial charge >= 0.3 is 5.97 Å². The first-order valence-electron chi connectivity index (χ1n) is 7.65. The number of hydrogen-bond donors (Lipinski definition) is 6. The van der Waals surface area contributed by atoms with Gasteiger partial charge in [-0.1, -0.05) is 20.3 Å². The van der Waals surface area contributed by atoms with Crippen LogP contribution in [-0.2, 0) is 24.0 Å². The largest absolute Gasteiger partial charge is 0.480 e. The minimum Gasteiger partial charge on any atom is -0.480 e. The van der Waals surface area contributed by atoms with Crippen LogP contribution in [0.25, 0.3) is 0 Å². The fraction of sp³-hybridized carbons (Fsp3) is 0.643. The van der Waals surface area contributed by atoms with Crippen LogP contribution in [0.5, 0.6) is 0 Å². The van der Waals surface area contributed by atoms with Crippen LogP contribution in [0, 0.1) is 5.92 Å². The lowest BCUT2D eigenvalue weighted by Gasteiger charge is -2.23. The highest BCUT2D eigenvalue weighted by Gasteiger charge is 2.30. The van der Waals surface area contributed by atoms with Gasteiger partial charge in [-0.15, -0.1) is 0 Å². The standard InChI is InChI=1S/C14H25N5O6/c1-3-6(2)11(17)13(23)18-7(4-9(15)20)12(22)19-8(14(24)25)5-10(16)21/h6-8,11H,3-5,17H2,1-2H3,(H2,15,20)(H2,16,21)(H,18,23)(H,19,22)(H,24,25)/t6-,7-,8-,11-/m0/s1. The molecule has 0 aromatic carbocycles. The SMILES string of the molecule is CC[C@H](C)[C@H](N)C(=O)N[C@@H](CC(N)=O)C(=O)N[C@@H](CC(N)=O)C(=O)O. The molecule has 0 aliphatic heterocycles. The number of carboxylic acid groups (broad SMARTS) is 1. The second-order valence-electron chi connectivity index (χ2n) is 5.71. The van der Waals surface area contributed by atoms with Gasteiger partial charge in [0, 0.05) is 0 Å². The Morgan fingerprint density at radius 1 is 0.920 bits per heavy atom. The maximum atomic E-state index is 12.2. The molecule has 0 unspecified atom stereocenters. The van der Waals surface area contributed by atoms with Crippen LogP contribution in [0.3, 0.4) is 0 Å². The first kappa shape index (κ1) is 22.3. The number of nitrogens with one attached hydrogen (secondary N) is 2. The van der Waals surface area contributed by atoms with Crippen molar-refractivity contribution in [1.29, 1.82) is 0 Å². The predicted octanol–water partition coefficient (Wildman–Crippen LogP) is -2.84. The Bertz CT molecular complexity index is 538. The molecule has 25 heavy (non-hydrogen) atoms. The first-order chi connectivity index (χ1) is 11.5. The summed E-state index contributed by atoms with van der Waals surface area (Å²) < 4.78 is 0. The molecule has 0 aliphatic carbocycles. The van der Waals surface area contributed by atoms with Crippen LogP contribution in [0.1, 0.15) is 33.1 Å². The van der Waals surface area contributed by atoms with Gasteiger partial charge in [0.05, 0.1) is 18.9 Å². The molecule has 0 rings (SSSR count). The highest BCUT2D eigenvalue weighted by atomic mass is 16.4. The fourth-order valence-corrected chi connectivity index (χ4v) is 1.86. The molecule has 4 atom stereocenters. The van der Waals surface area contributed by atoms with Crippen LogP contribution in [0.15, 0.2) is 0 Å². The minimum absolute atomic E-state index is 0.182. The number of carboxylic acids is 1. The fourth-order valence-electron chi connectivity index (χ4n) is 1.86. The van der Waals surface area contributed by atoms with Gasteiger partial charge < -0.3 is 32.9 Å². The van der Waals surface area contributed by atoms with E-state index >= 15 is 0 Å². The van der Waals surface area contributed by atoms with Crippen molar-refractivity contribution < 1.29 is 29.1 Å². The second-order valence-corrected chi connectivity index (χ2v) is 5.71. The van der Waals surface area contributed by atoms with Gasteiger partial charge in [-0.05, 0) is 5.92 Å². The van der Waals surface area contributed by atoms with Crippen LogP contribution in [0.4, 0.5) is 0 Å². The molecule has 4 amide bonds. The van der Waals surface area contributed by atoms with Crippen molar-refractivity contribution in [2.75, 3.05) is 0 Å². The third-order valence-electron chi connectivity index (χ3n) is 3.62. The van der Waals surface area contributed by atoms with Crippen LogP contribution >= 0.6 is 0 Å². The van der Waals surface area contributed by atoms with Crippen molar-refractivity contribution in [3.8, 4) is 0 Å². The molecule has 0 aliphatic rings. The summed E-state index contributed by atoms with van der Waals surface area (Å²) in [5, 5.41) is 13.3. The van der Waals surface area contributed by atoms with Crippen molar-refractivity contribution in [1.82, 2.24) is 10.6 Å². The molecule has 0 heterocycles. The van der Waals surface area contributed by atoms with Gasteiger partial charge in [-0.3, -0.25) is 19.2 Å². The first-order valence-corrected chi connectivity index (χ1v) is 7.65. The highest BCUT2D eigenvalue weighted by Crippen LogP contribution is 2.06. The molecule has 0 spiro atoms. The van der Waals surface area contributed by atoms with Crippen molar-refractivity contribution in [2.24, 2.45) is 23.1 Å². The maximum absolute atomic E-state index is 12.2. The Morgan fingerprint density at radius 3 is 1.76 bits per heavy atom. The number of aliphatic carboxylic acids is 1. The Labute approximate surface area is 144 Å². The van der Waals surface area contributed by atoms with Gasteiger partial charge in [-0.25, -0.2) is 4.79 Å². The van der Waals surface area contributed by atoms with E-state index in [1.165, 1.54) is 0 Å². The molecule has 9 N–H and O–H groups in total. The minimum atomic E-state index is -1.60. The molecule has 0 aromatic heterocycles. The molecule has 11 heteroatoms. The van der Waals surface area contributed by atoms with E-state index < -0.39 is 60.6 Å². The molecule has 0 saturated heterocycles. The monoisotopic (exact) mass is 359 g/mol. The van der Waals surface area contributed by atoms with Gasteiger partial charge in [-0.2, -0.15) is 0 Å². The third-order valence-corrected chi connectivity index (χ3v) is 3.62. The van der Waals surface area contributed by atoms with Crippen molar-refractivity contribution in [2.45, 2.75) is 51.2 Å². The van der Waals surface area contributed by atoms with Crippen molar-refractivity contribution in [3.05, 3.63) is 0 Å². The normalized spacial score (nSPS) is 15.3.